The van der Waals surface area contributed by atoms with Gasteiger partial charge in [-0.3, -0.25) is 4.79 Å². The van der Waals surface area contributed by atoms with Gasteiger partial charge in [-0.25, -0.2) is 0 Å². The van der Waals surface area contributed by atoms with E-state index < -0.39 is 0 Å². The first-order valence-corrected chi connectivity index (χ1v) is 3.73. The van der Waals surface area contributed by atoms with Crippen LogP contribution in [0.4, 0.5) is 0 Å². The Kier molecular flexibility index (Phi) is 1.23. The molecule has 0 aromatic rings. The molecule has 0 aromatic heterocycles. The molecule has 0 radical (unpaired) electrons. The van der Waals surface area contributed by atoms with Crippen LogP contribution in [-0.2, 0) is 4.79 Å². The number of Topliss-reactive ketones (excluding diaryl/α,β-unsaturated/α-hetero) is 1. The van der Waals surface area contributed by atoms with E-state index in [-0.39, 0.29) is 0 Å². The summed E-state index contributed by atoms with van der Waals surface area (Å²) in [5.41, 5.74) is 1.35. The summed E-state index contributed by atoms with van der Waals surface area (Å²) in [6.45, 7) is 0. The van der Waals surface area contributed by atoms with Crippen LogP contribution in [0.15, 0.2) is 23.8 Å². The average Bonchev–Trinajstić information content (AvgIpc) is 2.27. The lowest BCUT2D eigenvalue weighted by atomic mass is 9.95. The minimum atomic E-state index is 0.417. The van der Waals surface area contributed by atoms with Crippen LogP contribution in [0.2, 0.25) is 0 Å². The van der Waals surface area contributed by atoms with Crippen LogP contribution >= 0.6 is 0 Å². The number of ketones is 1. The molecule has 0 aliphatic heterocycles. The van der Waals surface area contributed by atoms with Gasteiger partial charge in [0.2, 0.25) is 0 Å². The van der Waals surface area contributed by atoms with Gasteiger partial charge in [-0.2, -0.15) is 0 Å². The molecule has 1 nitrogen and oxygen atoms in total. The highest BCUT2D eigenvalue weighted by atomic mass is 16.1. The molecular formula is C9H10O. The summed E-state index contributed by atoms with van der Waals surface area (Å²) in [5.74, 6) is 0.984. The van der Waals surface area contributed by atoms with Gasteiger partial charge in [0.1, 0.15) is 5.78 Å². The van der Waals surface area contributed by atoms with Crippen molar-refractivity contribution < 1.29 is 4.79 Å². The number of hydrogen-bond donors (Lipinski definition) is 0. The predicted molar refractivity (Wildman–Crippen MR) is 39.6 cm³/mol. The standard InChI is InChI=1S/C9H10O/c10-9-5-7-3-1-2-4-8(7)6-9/h1-3,8H,4-6H2. The van der Waals surface area contributed by atoms with Gasteiger partial charge >= 0.3 is 0 Å². The molecule has 1 fully saturated rings. The first-order chi connectivity index (χ1) is 4.86. The molecule has 0 N–H and O–H groups in total. The Morgan fingerprint density at radius 3 is 3.20 bits per heavy atom. The molecule has 2 rings (SSSR count). The fourth-order valence-electron chi connectivity index (χ4n) is 1.71. The molecule has 0 amide bonds. The summed E-state index contributed by atoms with van der Waals surface area (Å²) in [6, 6.07) is 0. The zero-order chi connectivity index (χ0) is 6.97. The Morgan fingerprint density at radius 1 is 1.50 bits per heavy atom. The third-order valence-corrected chi connectivity index (χ3v) is 2.27. The van der Waals surface area contributed by atoms with Gasteiger partial charge in [-0.05, 0) is 12.3 Å². The maximum atomic E-state index is 10.9. The minimum Gasteiger partial charge on any atom is -0.299 e. The van der Waals surface area contributed by atoms with Gasteiger partial charge in [0.15, 0.2) is 0 Å². The van der Waals surface area contributed by atoms with Crippen LogP contribution in [0, 0.1) is 5.92 Å². The second-order valence-electron chi connectivity index (χ2n) is 3.02. The molecule has 52 valence electrons. The van der Waals surface area contributed by atoms with Crippen molar-refractivity contribution in [3.8, 4) is 0 Å². The first kappa shape index (κ1) is 5.90. The molecule has 2 aliphatic carbocycles. The molecule has 0 bridgehead atoms. The number of carbonyl (C=O) groups is 1. The molecule has 1 atom stereocenters. The van der Waals surface area contributed by atoms with Crippen molar-refractivity contribution in [2.45, 2.75) is 19.3 Å². The lowest BCUT2D eigenvalue weighted by Crippen LogP contribution is -1.97. The van der Waals surface area contributed by atoms with Crippen LogP contribution in [0.5, 0.6) is 0 Å². The van der Waals surface area contributed by atoms with Crippen LogP contribution in [0.3, 0.4) is 0 Å². The van der Waals surface area contributed by atoms with Gasteiger partial charge in [-0.1, -0.05) is 23.8 Å². The van der Waals surface area contributed by atoms with E-state index in [0.717, 1.165) is 19.3 Å². The lowest BCUT2D eigenvalue weighted by Gasteiger charge is -2.09. The Hall–Kier alpha value is -0.850. The quantitative estimate of drug-likeness (QED) is 0.494. The third-order valence-electron chi connectivity index (χ3n) is 2.27. The lowest BCUT2D eigenvalue weighted by molar-refractivity contribution is -0.117. The molecule has 0 aromatic carbocycles. The molecule has 2 aliphatic rings. The number of hydrogen-bond acceptors (Lipinski definition) is 1. The van der Waals surface area contributed by atoms with E-state index in [1.165, 1.54) is 5.57 Å². The summed E-state index contributed by atoms with van der Waals surface area (Å²) in [6.07, 6.45) is 8.89. The molecule has 1 saturated carbocycles. The van der Waals surface area contributed by atoms with E-state index in [1.54, 1.807) is 0 Å². The second kappa shape index (κ2) is 2.08. The first-order valence-electron chi connectivity index (χ1n) is 3.73. The minimum absolute atomic E-state index is 0.417. The summed E-state index contributed by atoms with van der Waals surface area (Å²) >= 11 is 0. The number of carbonyl (C=O) groups excluding carboxylic acids is 1. The zero-order valence-electron chi connectivity index (χ0n) is 5.84. The highest BCUT2D eigenvalue weighted by Crippen LogP contribution is 2.33. The Labute approximate surface area is 60.4 Å². The van der Waals surface area contributed by atoms with Crippen molar-refractivity contribution in [3.63, 3.8) is 0 Å². The smallest absolute Gasteiger partial charge is 0.137 e. The van der Waals surface area contributed by atoms with Crippen LogP contribution in [-0.4, -0.2) is 5.78 Å². The van der Waals surface area contributed by atoms with E-state index in [1.807, 2.05) is 0 Å². The highest BCUT2D eigenvalue weighted by molar-refractivity contribution is 5.85. The van der Waals surface area contributed by atoms with E-state index in [2.05, 4.69) is 18.2 Å². The van der Waals surface area contributed by atoms with E-state index in [4.69, 9.17) is 0 Å². The highest BCUT2D eigenvalue weighted by Gasteiger charge is 2.26. The normalized spacial score (nSPS) is 30.2. The van der Waals surface area contributed by atoms with Crippen molar-refractivity contribution in [1.82, 2.24) is 0 Å². The van der Waals surface area contributed by atoms with Gasteiger partial charge in [0.05, 0.1) is 0 Å². The van der Waals surface area contributed by atoms with Crippen molar-refractivity contribution in [1.29, 1.82) is 0 Å². The summed E-state index contributed by atoms with van der Waals surface area (Å²) in [5, 5.41) is 0. The largest absolute Gasteiger partial charge is 0.299 e. The number of rotatable bonds is 0. The maximum absolute atomic E-state index is 10.9. The fraction of sp³-hybridized carbons (Fsp3) is 0.444. The third kappa shape index (κ3) is 0.821. The van der Waals surface area contributed by atoms with Crippen LogP contribution in [0.1, 0.15) is 19.3 Å². The number of fused-ring (bicyclic) bond motifs is 1. The molecule has 0 saturated heterocycles. The SMILES string of the molecule is O=C1CC2=CC=CCC2C1. The van der Waals surface area contributed by atoms with Gasteiger partial charge < -0.3 is 0 Å². The Morgan fingerprint density at radius 2 is 2.40 bits per heavy atom. The van der Waals surface area contributed by atoms with Crippen molar-refractivity contribution in [2.75, 3.05) is 0 Å². The van der Waals surface area contributed by atoms with Crippen LogP contribution in [0.25, 0.3) is 0 Å². The topological polar surface area (TPSA) is 17.1 Å². The molecule has 0 spiro atoms. The maximum Gasteiger partial charge on any atom is 0.137 e. The molecule has 1 unspecified atom stereocenters. The average molecular weight is 134 g/mol. The van der Waals surface area contributed by atoms with E-state index in [0.29, 0.717) is 11.7 Å². The molecule has 0 heterocycles. The Balaban J connectivity index is 2.26. The fourth-order valence-corrected chi connectivity index (χ4v) is 1.71. The van der Waals surface area contributed by atoms with Gasteiger partial charge in [0, 0.05) is 12.8 Å². The molecule has 1 heteroatoms. The van der Waals surface area contributed by atoms with E-state index in [9.17, 15) is 4.79 Å². The summed E-state index contributed by atoms with van der Waals surface area (Å²) in [7, 11) is 0. The van der Waals surface area contributed by atoms with Gasteiger partial charge in [-0.15, -0.1) is 0 Å². The van der Waals surface area contributed by atoms with Crippen LogP contribution < -0.4 is 0 Å². The van der Waals surface area contributed by atoms with Crippen molar-refractivity contribution in [3.05, 3.63) is 23.8 Å². The summed E-state index contributed by atoms with van der Waals surface area (Å²) in [4.78, 5) is 10.9. The molecule has 10 heavy (non-hydrogen) atoms. The number of allylic oxidation sites excluding steroid dienone is 4. The summed E-state index contributed by atoms with van der Waals surface area (Å²) < 4.78 is 0. The monoisotopic (exact) mass is 134 g/mol. The zero-order valence-corrected chi connectivity index (χ0v) is 5.84. The van der Waals surface area contributed by atoms with E-state index >= 15 is 0 Å². The Bertz CT molecular complexity index is 223. The van der Waals surface area contributed by atoms with Crippen molar-refractivity contribution in [2.24, 2.45) is 5.92 Å². The van der Waals surface area contributed by atoms with Crippen molar-refractivity contribution >= 4 is 5.78 Å². The molecular weight excluding hydrogens is 124 g/mol. The predicted octanol–water partition coefficient (Wildman–Crippen LogP) is 1.85. The van der Waals surface area contributed by atoms with Gasteiger partial charge in [0.25, 0.3) is 0 Å². The second-order valence-corrected chi connectivity index (χ2v) is 3.02.